The van der Waals surface area contributed by atoms with Gasteiger partial charge in [0.25, 0.3) is 0 Å². The second-order valence-electron chi connectivity index (χ2n) is 4.05. The monoisotopic (exact) mass is 253 g/mol. The van der Waals surface area contributed by atoms with Gasteiger partial charge in [0, 0.05) is 25.1 Å². The zero-order valence-electron chi connectivity index (χ0n) is 10.1. The lowest BCUT2D eigenvalue weighted by atomic mass is 10.2. The Hall–Kier alpha value is -0.550. The molecule has 1 aromatic rings. The van der Waals surface area contributed by atoms with E-state index in [0.717, 1.165) is 32.9 Å². The summed E-state index contributed by atoms with van der Waals surface area (Å²) in [5.74, 6) is 0. The van der Waals surface area contributed by atoms with Gasteiger partial charge in [-0.2, -0.15) is 0 Å². The molecule has 1 aliphatic heterocycles. The van der Waals surface area contributed by atoms with E-state index in [1.807, 2.05) is 11.8 Å². The van der Waals surface area contributed by atoms with Crippen LogP contribution >= 0.6 is 11.8 Å². The number of rotatable bonds is 7. The number of ether oxygens (including phenoxy) is 2. The predicted octanol–water partition coefficient (Wildman–Crippen LogP) is 1.91. The molecule has 1 fully saturated rings. The van der Waals surface area contributed by atoms with E-state index in [1.165, 1.54) is 10.5 Å². The van der Waals surface area contributed by atoms with Gasteiger partial charge in [0.15, 0.2) is 0 Å². The van der Waals surface area contributed by atoms with Crippen molar-refractivity contribution in [2.75, 3.05) is 33.5 Å². The second kappa shape index (κ2) is 7.01. The summed E-state index contributed by atoms with van der Waals surface area (Å²) < 4.78 is 10.2. The molecule has 0 bridgehead atoms. The van der Waals surface area contributed by atoms with E-state index in [0.29, 0.717) is 5.25 Å². The number of methoxy groups -OCH3 is 1. The van der Waals surface area contributed by atoms with Gasteiger partial charge in [0.05, 0.1) is 25.1 Å². The Morgan fingerprint density at radius 3 is 2.94 bits per heavy atom. The highest BCUT2D eigenvalue weighted by Crippen LogP contribution is 2.30. The van der Waals surface area contributed by atoms with Gasteiger partial charge in [-0.15, -0.1) is 11.8 Å². The number of hydrogen-bond acceptors (Lipinski definition) is 4. The first kappa shape index (κ1) is 12.9. The van der Waals surface area contributed by atoms with Gasteiger partial charge in [-0.3, -0.25) is 0 Å². The minimum absolute atomic E-state index is 0.634. The standard InChI is InChI=1S/C13H19NO2S/c1-15-7-6-14-8-11-4-2-3-5-13(11)17-12-9-16-10-12/h2-5,12,14H,6-10H2,1H3. The first-order valence-corrected chi connectivity index (χ1v) is 6.80. The van der Waals surface area contributed by atoms with E-state index in [4.69, 9.17) is 9.47 Å². The zero-order chi connectivity index (χ0) is 11.9. The Balaban J connectivity index is 1.85. The van der Waals surface area contributed by atoms with Crippen molar-refractivity contribution in [3.8, 4) is 0 Å². The van der Waals surface area contributed by atoms with Crippen LogP contribution in [0.5, 0.6) is 0 Å². The van der Waals surface area contributed by atoms with Crippen molar-refractivity contribution in [3.05, 3.63) is 29.8 Å². The fourth-order valence-corrected chi connectivity index (χ4v) is 2.76. The highest BCUT2D eigenvalue weighted by atomic mass is 32.2. The molecule has 0 unspecified atom stereocenters. The maximum atomic E-state index is 5.21. The summed E-state index contributed by atoms with van der Waals surface area (Å²) in [7, 11) is 1.72. The van der Waals surface area contributed by atoms with E-state index in [-0.39, 0.29) is 0 Å². The van der Waals surface area contributed by atoms with Gasteiger partial charge in [-0.1, -0.05) is 18.2 Å². The number of nitrogens with one attached hydrogen (secondary N) is 1. The van der Waals surface area contributed by atoms with Crippen molar-refractivity contribution >= 4 is 11.8 Å². The van der Waals surface area contributed by atoms with E-state index < -0.39 is 0 Å². The summed E-state index contributed by atoms with van der Waals surface area (Å²) in [5, 5.41) is 4.02. The van der Waals surface area contributed by atoms with Gasteiger partial charge in [0.1, 0.15) is 0 Å². The molecule has 1 N–H and O–H groups in total. The van der Waals surface area contributed by atoms with Crippen molar-refractivity contribution in [2.24, 2.45) is 0 Å². The minimum atomic E-state index is 0.634. The lowest BCUT2D eigenvalue weighted by molar-refractivity contribution is 0.0455. The summed E-state index contributed by atoms with van der Waals surface area (Å²) in [6.07, 6.45) is 0. The lowest BCUT2D eigenvalue weighted by Gasteiger charge is -2.26. The summed E-state index contributed by atoms with van der Waals surface area (Å²) in [6.45, 7) is 4.32. The fraction of sp³-hybridized carbons (Fsp3) is 0.538. The smallest absolute Gasteiger partial charge is 0.0611 e. The predicted molar refractivity (Wildman–Crippen MR) is 70.5 cm³/mol. The number of hydrogen-bond donors (Lipinski definition) is 1. The van der Waals surface area contributed by atoms with E-state index in [1.54, 1.807) is 7.11 Å². The van der Waals surface area contributed by atoms with Crippen molar-refractivity contribution in [2.45, 2.75) is 16.7 Å². The third-order valence-electron chi connectivity index (χ3n) is 2.67. The molecule has 17 heavy (non-hydrogen) atoms. The lowest BCUT2D eigenvalue weighted by Crippen LogP contribution is -2.30. The summed E-state index contributed by atoms with van der Waals surface area (Å²) in [5.41, 5.74) is 1.36. The molecular weight excluding hydrogens is 234 g/mol. The van der Waals surface area contributed by atoms with Crippen LogP contribution in [0, 0.1) is 0 Å². The molecular formula is C13H19NO2S. The molecule has 0 saturated carbocycles. The molecule has 4 heteroatoms. The van der Waals surface area contributed by atoms with Crippen LogP contribution < -0.4 is 5.32 Å². The Morgan fingerprint density at radius 2 is 2.24 bits per heavy atom. The van der Waals surface area contributed by atoms with E-state index in [2.05, 4.69) is 29.6 Å². The van der Waals surface area contributed by atoms with Crippen molar-refractivity contribution in [1.29, 1.82) is 0 Å². The van der Waals surface area contributed by atoms with Crippen molar-refractivity contribution in [3.63, 3.8) is 0 Å². The Bertz CT molecular complexity index is 342. The first-order valence-electron chi connectivity index (χ1n) is 5.92. The van der Waals surface area contributed by atoms with Gasteiger partial charge >= 0.3 is 0 Å². The molecule has 94 valence electrons. The largest absolute Gasteiger partial charge is 0.383 e. The van der Waals surface area contributed by atoms with E-state index >= 15 is 0 Å². The fourth-order valence-electron chi connectivity index (χ4n) is 1.62. The molecule has 3 nitrogen and oxygen atoms in total. The highest BCUT2D eigenvalue weighted by molar-refractivity contribution is 8.00. The average molecular weight is 253 g/mol. The third kappa shape index (κ3) is 4.00. The second-order valence-corrected chi connectivity index (χ2v) is 5.40. The first-order chi connectivity index (χ1) is 8.40. The highest BCUT2D eigenvalue weighted by Gasteiger charge is 2.20. The normalized spacial score (nSPS) is 15.8. The molecule has 0 aromatic heterocycles. The van der Waals surface area contributed by atoms with Crippen LogP contribution in [-0.2, 0) is 16.0 Å². The number of thioether (sulfide) groups is 1. The van der Waals surface area contributed by atoms with Crippen LogP contribution in [0.1, 0.15) is 5.56 Å². The maximum Gasteiger partial charge on any atom is 0.0611 e. The zero-order valence-corrected chi connectivity index (χ0v) is 11.0. The molecule has 1 aromatic carbocycles. The molecule has 0 atom stereocenters. The van der Waals surface area contributed by atoms with Gasteiger partial charge in [-0.05, 0) is 11.6 Å². The van der Waals surface area contributed by atoms with Crippen LogP contribution in [0.4, 0.5) is 0 Å². The van der Waals surface area contributed by atoms with E-state index in [9.17, 15) is 0 Å². The van der Waals surface area contributed by atoms with Crippen LogP contribution in [0.25, 0.3) is 0 Å². The molecule has 1 heterocycles. The summed E-state index contributed by atoms with van der Waals surface area (Å²) in [4.78, 5) is 1.37. The van der Waals surface area contributed by atoms with Crippen LogP contribution in [0.15, 0.2) is 29.2 Å². The molecule has 1 saturated heterocycles. The molecule has 0 spiro atoms. The molecule has 0 aliphatic carbocycles. The maximum absolute atomic E-state index is 5.21. The summed E-state index contributed by atoms with van der Waals surface area (Å²) in [6, 6.07) is 8.56. The Labute approximate surface area is 107 Å². The Kier molecular flexibility index (Phi) is 5.32. The SMILES string of the molecule is COCCNCc1ccccc1SC1COC1. The van der Waals surface area contributed by atoms with Gasteiger partial charge < -0.3 is 14.8 Å². The van der Waals surface area contributed by atoms with Crippen LogP contribution in [0.3, 0.4) is 0 Å². The Morgan fingerprint density at radius 1 is 1.41 bits per heavy atom. The molecule has 2 rings (SSSR count). The minimum Gasteiger partial charge on any atom is -0.383 e. The van der Waals surface area contributed by atoms with Crippen LogP contribution in [-0.4, -0.2) is 38.7 Å². The topological polar surface area (TPSA) is 30.5 Å². The summed E-state index contributed by atoms with van der Waals surface area (Å²) >= 11 is 1.92. The van der Waals surface area contributed by atoms with Gasteiger partial charge in [0.2, 0.25) is 0 Å². The average Bonchev–Trinajstić information content (AvgIpc) is 2.31. The molecule has 0 amide bonds. The number of benzene rings is 1. The van der Waals surface area contributed by atoms with Crippen LogP contribution in [0.2, 0.25) is 0 Å². The van der Waals surface area contributed by atoms with Crippen molar-refractivity contribution in [1.82, 2.24) is 5.32 Å². The van der Waals surface area contributed by atoms with Crippen molar-refractivity contribution < 1.29 is 9.47 Å². The molecule has 1 aliphatic rings. The van der Waals surface area contributed by atoms with Gasteiger partial charge in [-0.25, -0.2) is 0 Å². The molecule has 0 radical (unpaired) electrons. The quantitative estimate of drug-likeness (QED) is 0.752. The third-order valence-corrected chi connectivity index (χ3v) is 3.93.